The summed E-state index contributed by atoms with van der Waals surface area (Å²) in [6, 6.07) is 5.54. The number of ether oxygens (including phenoxy) is 1. The molecule has 0 amide bonds. The van der Waals surface area contributed by atoms with Crippen LogP contribution in [0.4, 0.5) is 5.69 Å². The molecule has 0 aliphatic rings. The molecule has 0 saturated carbocycles. The number of rotatable bonds is 6. The molecule has 0 aliphatic carbocycles. The van der Waals surface area contributed by atoms with Crippen molar-refractivity contribution in [1.29, 1.82) is 0 Å². The largest absolute Gasteiger partial charge is 0.458 e. The molecule has 0 unspecified atom stereocenters. The van der Waals surface area contributed by atoms with Crippen molar-refractivity contribution < 1.29 is 14.4 Å². The molecule has 0 radical (unpaired) electrons. The molecule has 0 spiro atoms. The molecule has 24 heavy (non-hydrogen) atoms. The number of aromatic nitrogens is 2. The van der Waals surface area contributed by atoms with E-state index in [2.05, 4.69) is 4.98 Å². The molecule has 130 valence electrons. The van der Waals surface area contributed by atoms with Crippen LogP contribution in [0.15, 0.2) is 36.9 Å². The van der Waals surface area contributed by atoms with Gasteiger partial charge in [0.1, 0.15) is 5.60 Å². The van der Waals surface area contributed by atoms with Gasteiger partial charge >= 0.3 is 5.97 Å². The fraction of sp³-hybridized carbons (Fsp3) is 0.412. The number of carbonyl (C=O) groups is 1. The minimum atomic E-state index is -0.534. The Bertz CT molecular complexity index is 681. The van der Waals surface area contributed by atoms with Crippen molar-refractivity contribution in [3.05, 3.63) is 41.9 Å². The molecule has 7 heteroatoms. The third-order valence-corrected chi connectivity index (χ3v) is 3.35. The van der Waals surface area contributed by atoms with E-state index in [0.29, 0.717) is 11.6 Å². The minimum absolute atomic E-state index is 0.161. The average molecular weight is 352 g/mol. The molecule has 1 heterocycles. The maximum atomic E-state index is 11.8. The number of hydrogen-bond donors (Lipinski definition) is 0. The van der Waals surface area contributed by atoms with Crippen LogP contribution in [0, 0.1) is 0 Å². The van der Waals surface area contributed by atoms with E-state index in [9.17, 15) is 4.79 Å². The minimum Gasteiger partial charge on any atom is -0.458 e. The van der Waals surface area contributed by atoms with E-state index < -0.39 is 11.6 Å². The van der Waals surface area contributed by atoms with Crippen LogP contribution < -0.4 is 5.06 Å². The number of hydrogen-bond acceptors (Lipinski definition) is 5. The molecule has 1 aromatic carbocycles. The van der Waals surface area contributed by atoms with E-state index in [4.69, 9.17) is 21.2 Å². The Morgan fingerprint density at radius 2 is 2.12 bits per heavy atom. The number of esters is 1. The van der Waals surface area contributed by atoms with Gasteiger partial charge in [-0.05, 0) is 45.9 Å². The number of carbonyl (C=O) groups excluding carboxylic acids is 1. The van der Waals surface area contributed by atoms with Gasteiger partial charge in [-0.2, -0.15) is 0 Å². The molecule has 6 nitrogen and oxygen atoms in total. The van der Waals surface area contributed by atoms with E-state index >= 15 is 0 Å². The summed E-state index contributed by atoms with van der Waals surface area (Å²) in [5.74, 6) is -0.415. The Hall–Kier alpha value is -2.05. The van der Waals surface area contributed by atoms with Gasteiger partial charge in [0.15, 0.2) is 6.61 Å². The quantitative estimate of drug-likeness (QED) is 0.587. The van der Waals surface area contributed by atoms with Crippen LogP contribution in [0.25, 0.3) is 5.69 Å². The maximum absolute atomic E-state index is 11.8. The maximum Gasteiger partial charge on any atom is 0.335 e. The van der Waals surface area contributed by atoms with Crippen LogP contribution in [-0.2, 0) is 14.4 Å². The summed E-state index contributed by atoms with van der Waals surface area (Å²) in [7, 11) is 0. The normalized spacial score (nSPS) is 11.4. The zero-order valence-electron chi connectivity index (χ0n) is 14.3. The van der Waals surface area contributed by atoms with Crippen molar-refractivity contribution in [2.45, 2.75) is 33.3 Å². The van der Waals surface area contributed by atoms with Crippen LogP contribution >= 0.6 is 11.6 Å². The van der Waals surface area contributed by atoms with Crippen molar-refractivity contribution in [1.82, 2.24) is 9.55 Å². The highest BCUT2D eigenvalue weighted by Gasteiger charge is 2.18. The second-order valence-corrected chi connectivity index (χ2v) is 6.57. The van der Waals surface area contributed by atoms with E-state index in [0.717, 1.165) is 11.4 Å². The fourth-order valence-corrected chi connectivity index (χ4v) is 2.38. The first kappa shape index (κ1) is 18.3. The second kappa shape index (κ2) is 7.68. The van der Waals surface area contributed by atoms with Crippen LogP contribution in [0.1, 0.15) is 27.7 Å². The van der Waals surface area contributed by atoms with Crippen molar-refractivity contribution >= 4 is 23.3 Å². The van der Waals surface area contributed by atoms with Gasteiger partial charge in [-0.1, -0.05) is 11.6 Å². The lowest BCUT2D eigenvalue weighted by atomic mass is 10.2. The molecular formula is C17H22ClN3O3. The Balaban J connectivity index is 2.05. The summed E-state index contributed by atoms with van der Waals surface area (Å²) < 4.78 is 7.06. The molecular weight excluding hydrogens is 330 g/mol. The van der Waals surface area contributed by atoms with Gasteiger partial charge < -0.3 is 9.30 Å². The summed E-state index contributed by atoms with van der Waals surface area (Å²) in [6.07, 6.45) is 5.18. The number of halogens is 1. The van der Waals surface area contributed by atoms with E-state index in [1.165, 1.54) is 0 Å². The molecule has 0 bridgehead atoms. The monoisotopic (exact) mass is 351 g/mol. The Morgan fingerprint density at radius 1 is 1.38 bits per heavy atom. The number of imidazole rings is 1. The van der Waals surface area contributed by atoms with Crippen molar-refractivity contribution in [3.8, 4) is 5.69 Å². The molecule has 2 aromatic rings. The van der Waals surface area contributed by atoms with Gasteiger partial charge in [0.25, 0.3) is 0 Å². The summed E-state index contributed by atoms with van der Waals surface area (Å²) in [6.45, 7) is 7.77. The predicted octanol–water partition coefficient (Wildman–Crippen LogP) is 3.63. The number of nitrogens with zero attached hydrogens (tertiary/aromatic N) is 3. The fourth-order valence-electron chi connectivity index (χ4n) is 2.11. The zero-order valence-corrected chi connectivity index (χ0v) is 15.1. The Kier molecular flexibility index (Phi) is 5.85. The van der Waals surface area contributed by atoms with Gasteiger partial charge in [-0.25, -0.2) is 9.78 Å². The molecule has 0 N–H and O–H groups in total. The standard InChI is InChI=1S/C17H22ClN3O3/c1-5-21(23-11-16(22)24-17(2,3)4)13-6-7-15(14(18)10-13)20-9-8-19-12-20/h6-10,12H,5,11H2,1-4H3. The smallest absolute Gasteiger partial charge is 0.335 e. The first-order valence-corrected chi connectivity index (χ1v) is 8.08. The SMILES string of the molecule is CCN(OCC(=O)OC(C)(C)C)c1ccc(-n2ccnc2)c(Cl)c1. The van der Waals surface area contributed by atoms with Gasteiger partial charge in [-0.3, -0.25) is 9.90 Å². The van der Waals surface area contributed by atoms with E-state index in [-0.39, 0.29) is 6.61 Å². The molecule has 1 aromatic heterocycles. The third kappa shape index (κ3) is 4.97. The van der Waals surface area contributed by atoms with Crippen molar-refractivity contribution in [3.63, 3.8) is 0 Å². The molecule has 0 aliphatic heterocycles. The van der Waals surface area contributed by atoms with Gasteiger partial charge in [0, 0.05) is 18.9 Å². The third-order valence-electron chi connectivity index (χ3n) is 3.05. The van der Waals surface area contributed by atoms with Crippen LogP contribution in [0.5, 0.6) is 0 Å². The van der Waals surface area contributed by atoms with Crippen LogP contribution in [0.3, 0.4) is 0 Å². The number of hydroxylamine groups is 1. The van der Waals surface area contributed by atoms with Gasteiger partial charge in [0.05, 0.1) is 22.7 Å². The summed E-state index contributed by atoms with van der Waals surface area (Å²) in [5, 5.41) is 2.16. The van der Waals surface area contributed by atoms with Gasteiger partial charge in [0.2, 0.25) is 0 Å². The average Bonchev–Trinajstić information content (AvgIpc) is 3.00. The Morgan fingerprint density at radius 3 is 2.67 bits per heavy atom. The number of benzene rings is 1. The highest BCUT2D eigenvalue weighted by atomic mass is 35.5. The highest BCUT2D eigenvalue weighted by Crippen LogP contribution is 2.26. The number of anilines is 1. The lowest BCUT2D eigenvalue weighted by molar-refractivity contribution is -0.160. The summed E-state index contributed by atoms with van der Waals surface area (Å²) in [5.41, 5.74) is 1.05. The van der Waals surface area contributed by atoms with Gasteiger partial charge in [-0.15, -0.1) is 0 Å². The lowest BCUT2D eigenvalue weighted by Gasteiger charge is -2.24. The second-order valence-electron chi connectivity index (χ2n) is 6.16. The predicted molar refractivity (Wildman–Crippen MR) is 93.4 cm³/mol. The van der Waals surface area contributed by atoms with Crippen molar-refractivity contribution in [2.24, 2.45) is 0 Å². The summed E-state index contributed by atoms with van der Waals surface area (Å²) >= 11 is 6.35. The first-order chi connectivity index (χ1) is 11.3. The van der Waals surface area contributed by atoms with Crippen LogP contribution in [-0.4, -0.2) is 34.3 Å². The van der Waals surface area contributed by atoms with Crippen molar-refractivity contribution in [2.75, 3.05) is 18.2 Å². The zero-order chi connectivity index (χ0) is 17.7. The van der Waals surface area contributed by atoms with Crippen LogP contribution in [0.2, 0.25) is 5.02 Å². The Labute approximate surface area is 146 Å². The molecule has 0 saturated heterocycles. The molecule has 2 rings (SSSR count). The topological polar surface area (TPSA) is 56.6 Å². The molecule has 0 atom stereocenters. The lowest BCUT2D eigenvalue weighted by Crippen LogP contribution is -2.31. The molecule has 0 fully saturated rings. The highest BCUT2D eigenvalue weighted by molar-refractivity contribution is 6.32. The summed E-state index contributed by atoms with van der Waals surface area (Å²) in [4.78, 5) is 21.3. The first-order valence-electron chi connectivity index (χ1n) is 7.70. The van der Waals surface area contributed by atoms with E-state index in [1.54, 1.807) is 23.7 Å². The van der Waals surface area contributed by atoms with E-state index in [1.807, 2.05) is 50.6 Å².